The largest absolute Gasteiger partial charge is 0.497 e. The van der Waals surface area contributed by atoms with Crippen LogP contribution in [0.3, 0.4) is 0 Å². The van der Waals surface area contributed by atoms with Crippen LogP contribution in [-0.2, 0) is 9.59 Å². The van der Waals surface area contributed by atoms with Gasteiger partial charge >= 0.3 is 0 Å². The van der Waals surface area contributed by atoms with Crippen molar-refractivity contribution in [1.82, 2.24) is 5.43 Å². The Hall–Kier alpha value is -2.67. The van der Waals surface area contributed by atoms with Crippen LogP contribution in [0.15, 0.2) is 58.1 Å². The molecule has 1 heterocycles. The lowest BCUT2D eigenvalue weighted by Gasteiger charge is -2.16. The number of carbonyl (C=O) groups is 2. The number of nitrogens with one attached hydrogen (secondary N) is 1. The summed E-state index contributed by atoms with van der Waals surface area (Å²) < 4.78 is 6.09. The van der Waals surface area contributed by atoms with Crippen LogP contribution in [0.25, 0.3) is 0 Å². The number of benzene rings is 2. The van der Waals surface area contributed by atoms with E-state index in [0.29, 0.717) is 6.54 Å². The van der Waals surface area contributed by atoms with Gasteiger partial charge in [0.25, 0.3) is 0 Å². The Labute approximate surface area is 160 Å². The zero-order valence-corrected chi connectivity index (χ0v) is 15.8. The van der Waals surface area contributed by atoms with Gasteiger partial charge in [0, 0.05) is 23.1 Å². The van der Waals surface area contributed by atoms with Crippen LogP contribution < -0.4 is 15.1 Å². The molecular weight excluding hydrogens is 398 g/mol. The highest BCUT2D eigenvalue weighted by molar-refractivity contribution is 9.10. The zero-order valence-electron chi connectivity index (χ0n) is 14.2. The number of amides is 2. The molecule has 2 aromatic carbocycles. The molecule has 0 aromatic heterocycles. The first-order valence-corrected chi connectivity index (χ1v) is 8.89. The molecule has 2 aromatic rings. The Balaban J connectivity index is 1.58. The molecule has 1 atom stereocenters. The smallest absolute Gasteiger partial charge is 0.245 e. The zero-order chi connectivity index (χ0) is 18.5. The van der Waals surface area contributed by atoms with Crippen molar-refractivity contribution in [2.75, 3.05) is 18.6 Å². The summed E-state index contributed by atoms with van der Waals surface area (Å²) in [4.78, 5) is 26.1. The van der Waals surface area contributed by atoms with Gasteiger partial charge in [-0.05, 0) is 42.0 Å². The number of nitrogens with zero attached hydrogens (tertiary/aromatic N) is 2. The highest BCUT2D eigenvalue weighted by Gasteiger charge is 2.35. The predicted octanol–water partition coefficient (Wildman–Crippen LogP) is 2.96. The third kappa shape index (κ3) is 4.29. The number of hydrazone groups is 1. The second-order valence-corrected chi connectivity index (χ2v) is 6.80. The van der Waals surface area contributed by atoms with Gasteiger partial charge in [-0.3, -0.25) is 9.59 Å². The molecular formula is C19H18BrN3O3. The van der Waals surface area contributed by atoms with Crippen LogP contribution in [0.2, 0.25) is 0 Å². The van der Waals surface area contributed by atoms with Crippen LogP contribution in [0, 0.1) is 5.92 Å². The van der Waals surface area contributed by atoms with E-state index in [-0.39, 0.29) is 18.2 Å². The SMILES string of the molecule is COc1ccc(N2CC(C(=O)NN=Cc3ccc(Br)cc3)CC2=O)cc1. The molecule has 0 bridgehead atoms. The number of methoxy groups -OCH3 is 1. The van der Waals surface area contributed by atoms with Gasteiger partial charge in [-0.2, -0.15) is 5.10 Å². The number of hydrogen-bond donors (Lipinski definition) is 1. The summed E-state index contributed by atoms with van der Waals surface area (Å²) in [5.74, 6) is -0.0430. The fraction of sp³-hybridized carbons (Fsp3) is 0.211. The van der Waals surface area contributed by atoms with Gasteiger partial charge in [0.1, 0.15) is 5.75 Å². The molecule has 0 aliphatic carbocycles. The van der Waals surface area contributed by atoms with E-state index in [1.165, 1.54) is 0 Å². The molecule has 3 rings (SSSR count). The van der Waals surface area contributed by atoms with Gasteiger partial charge in [-0.1, -0.05) is 28.1 Å². The van der Waals surface area contributed by atoms with E-state index < -0.39 is 5.92 Å². The van der Waals surface area contributed by atoms with E-state index in [9.17, 15) is 9.59 Å². The standard InChI is InChI=1S/C19H18BrN3O3/c1-26-17-8-6-16(7-9-17)23-12-14(10-18(23)24)19(25)22-21-11-13-2-4-15(20)5-3-13/h2-9,11,14H,10,12H2,1H3,(H,22,25). The van der Waals surface area contributed by atoms with Gasteiger partial charge in [-0.15, -0.1) is 0 Å². The first-order chi connectivity index (χ1) is 12.6. The topological polar surface area (TPSA) is 71.0 Å². The van der Waals surface area contributed by atoms with Gasteiger partial charge in [-0.25, -0.2) is 5.43 Å². The fourth-order valence-electron chi connectivity index (χ4n) is 2.71. The lowest BCUT2D eigenvalue weighted by atomic mass is 10.1. The van der Waals surface area contributed by atoms with E-state index in [0.717, 1.165) is 21.5 Å². The Morgan fingerprint density at radius 3 is 2.58 bits per heavy atom. The molecule has 1 saturated heterocycles. The Morgan fingerprint density at radius 1 is 1.23 bits per heavy atom. The number of carbonyl (C=O) groups excluding carboxylic acids is 2. The quantitative estimate of drug-likeness (QED) is 0.602. The van der Waals surface area contributed by atoms with E-state index >= 15 is 0 Å². The van der Waals surface area contributed by atoms with Crippen molar-refractivity contribution >= 4 is 39.6 Å². The first-order valence-electron chi connectivity index (χ1n) is 8.09. The maximum absolute atomic E-state index is 12.3. The molecule has 0 spiro atoms. The molecule has 1 aliphatic rings. The predicted molar refractivity (Wildman–Crippen MR) is 103 cm³/mol. The summed E-state index contributed by atoms with van der Waals surface area (Å²) in [6, 6.07) is 14.7. The minimum atomic E-state index is -0.424. The molecule has 1 unspecified atom stereocenters. The molecule has 2 amide bonds. The lowest BCUT2D eigenvalue weighted by Crippen LogP contribution is -2.30. The Morgan fingerprint density at radius 2 is 1.92 bits per heavy atom. The summed E-state index contributed by atoms with van der Waals surface area (Å²) in [5.41, 5.74) is 4.14. The van der Waals surface area contributed by atoms with E-state index in [4.69, 9.17) is 4.74 Å². The van der Waals surface area contributed by atoms with Crippen LogP contribution in [0.1, 0.15) is 12.0 Å². The summed E-state index contributed by atoms with van der Waals surface area (Å²) in [5, 5.41) is 3.98. The number of anilines is 1. The highest BCUT2D eigenvalue weighted by Crippen LogP contribution is 2.26. The number of rotatable bonds is 5. The Bertz CT molecular complexity index is 819. The van der Waals surface area contributed by atoms with Crippen molar-refractivity contribution in [1.29, 1.82) is 0 Å². The van der Waals surface area contributed by atoms with Crippen LogP contribution in [-0.4, -0.2) is 31.7 Å². The molecule has 26 heavy (non-hydrogen) atoms. The van der Waals surface area contributed by atoms with Crippen molar-refractivity contribution in [2.45, 2.75) is 6.42 Å². The second kappa shape index (κ2) is 8.14. The maximum atomic E-state index is 12.3. The molecule has 1 fully saturated rings. The van der Waals surface area contributed by atoms with E-state index in [1.54, 1.807) is 30.4 Å². The van der Waals surface area contributed by atoms with E-state index in [2.05, 4.69) is 26.5 Å². The van der Waals surface area contributed by atoms with Gasteiger partial charge < -0.3 is 9.64 Å². The number of hydrogen-bond acceptors (Lipinski definition) is 4. The second-order valence-electron chi connectivity index (χ2n) is 5.89. The minimum Gasteiger partial charge on any atom is -0.497 e. The number of ether oxygens (including phenoxy) is 1. The molecule has 134 valence electrons. The molecule has 0 saturated carbocycles. The third-order valence-electron chi connectivity index (χ3n) is 4.14. The van der Waals surface area contributed by atoms with Crippen molar-refractivity contribution in [3.8, 4) is 5.75 Å². The lowest BCUT2D eigenvalue weighted by molar-refractivity contribution is -0.126. The molecule has 1 aliphatic heterocycles. The van der Waals surface area contributed by atoms with E-state index in [1.807, 2.05) is 36.4 Å². The summed E-state index contributed by atoms with van der Waals surface area (Å²) >= 11 is 3.36. The van der Waals surface area contributed by atoms with Crippen LogP contribution in [0.5, 0.6) is 5.75 Å². The fourth-order valence-corrected chi connectivity index (χ4v) is 2.97. The maximum Gasteiger partial charge on any atom is 0.245 e. The highest BCUT2D eigenvalue weighted by atomic mass is 79.9. The average Bonchev–Trinajstić information content (AvgIpc) is 3.05. The van der Waals surface area contributed by atoms with Crippen molar-refractivity contribution in [2.24, 2.45) is 11.0 Å². The summed E-state index contributed by atoms with van der Waals surface area (Å²) in [7, 11) is 1.59. The van der Waals surface area contributed by atoms with Crippen molar-refractivity contribution < 1.29 is 14.3 Å². The van der Waals surface area contributed by atoms with Gasteiger partial charge in [0.15, 0.2) is 0 Å². The molecule has 6 nitrogen and oxygen atoms in total. The first kappa shape index (κ1) is 18.1. The Kier molecular flexibility index (Phi) is 5.68. The molecule has 7 heteroatoms. The van der Waals surface area contributed by atoms with Crippen molar-refractivity contribution in [3.05, 3.63) is 58.6 Å². The van der Waals surface area contributed by atoms with Crippen molar-refractivity contribution in [3.63, 3.8) is 0 Å². The summed E-state index contributed by atoms with van der Waals surface area (Å²) in [6.07, 6.45) is 1.74. The normalized spacial score (nSPS) is 16.9. The minimum absolute atomic E-state index is 0.0767. The van der Waals surface area contributed by atoms with Crippen LogP contribution in [0.4, 0.5) is 5.69 Å². The summed E-state index contributed by atoms with van der Waals surface area (Å²) in [6.45, 7) is 0.338. The molecule has 1 N–H and O–H groups in total. The number of halogens is 1. The van der Waals surface area contributed by atoms with Crippen LogP contribution >= 0.6 is 15.9 Å². The molecule has 0 radical (unpaired) electrons. The average molecular weight is 416 g/mol. The third-order valence-corrected chi connectivity index (χ3v) is 4.67. The monoisotopic (exact) mass is 415 g/mol. The van der Waals surface area contributed by atoms with Gasteiger partial charge in [0.2, 0.25) is 11.8 Å². The van der Waals surface area contributed by atoms with Gasteiger partial charge in [0.05, 0.1) is 19.2 Å².